The summed E-state index contributed by atoms with van der Waals surface area (Å²) in [7, 11) is 0. The summed E-state index contributed by atoms with van der Waals surface area (Å²) >= 11 is 3.41. The van der Waals surface area contributed by atoms with Crippen LogP contribution in [0.25, 0.3) is 0 Å². The molecule has 0 aromatic heterocycles. The van der Waals surface area contributed by atoms with Gasteiger partial charge in [-0.25, -0.2) is 4.79 Å². The molecule has 6 nitrogen and oxygen atoms in total. The monoisotopic (exact) mass is 386 g/mol. The Bertz CT molecular complexity index is 507. The minimum Gasteiger partial charge on any atom is -0.490 e. The third kappa shape index (κ3) is 5.67. The molecule has 23 heavy (non-hydrogen) atoms. The van der Waals surface area contributed by atoms with E-state index in [1.807, 2.05) is 24.3 Å². The molecule has 0 radical (unpaired) electrons. The summed E-state index contributed by atoms with van der Waals surface area (Å²) in [5, 5.41) is 10.1. The first-order valence-corrected chi connectivity index (χ1v) is 8.59. The lowest BCUT2D eigenvalue weighted by molar-refractivity contribution is 0.0406. The molecule has 7 heteroatoms. The number of benzene rings is 1. The molecular weight excluding hydrogens is 364 g/mol. The first-order chi connectivity index (χ1) is 11.1. The van der Waals surface area contributed by atoms with Crippen molar-refractivity contribution in [2.75, 3.05) is 45.9 Å². The molecule has 1 heterocycles. The fourth-order valence-electron chi connectivity index (χ4n) is 2.43. The van der Waals surface area contributed by atoms with E-state index in [1.54, 1.807) is 11.8 Å². The molecule has 1 N–H and O–H groups in total. The SMILES string of the molecule is CCOC(=O)N1CCN(C[C@@H](O)COc2ccccc2Br)CC1. The number of carbonyl (C=O) groups is 1. The van der Waals surface area contributed by atoms with Crippen molar-refractivity contribution in [3.63, 3.8) is 0 Å². The van der Waals surface area contributed by atoms with Crippen LogP contribution in [-0.2, 0) is 4.74 Å². The number of amides is 1. The van der Waals surface area contributed by atoms with Gasteiger partial charge in [-0.05, 0) is 35.0 Å². The molecular formula is C16H23BrN2O4. The fraction of sp³-hybridized carbons (Fsp3) is 0.562. The van der Waals surface area contributed by atoms with E-state index in [-0.39, 0.29) is 12.7 Å². The Morgan fingerprint density at radius 3 is 2.65 bits per heavy atom. The average Bonchev–Trinajstić information content (AvgIpc) is 2.55. The van der Waals surface area contributed by atoms with Crippen molar-refractivity contribution in [1.29, 1.82) is 0 Å². The molecule has 0 bridgehead atoms. The highest BCUT2D eigenvalue weighted by molar-refractivity contribution is 9.10. The molecule has 0 saturated carbocycles. The summed E-state index contributed by atoms with van der Waals surface area (Å²) in [4.78, 5) is 15.5. The number of carbonyl (C=O) groups excluding carboxylic acids is 1. The molecule has 1 aromatic carbocycles. The molecule has 1 aliphatic rings. The van der Waals surface area contributed by atoms with Crippen molar-refractivity contribution in [2.45, 2.75) is 13.0 Å². The zero-order valence-electron chi connectivity index (χ0n) is 13.3. The Kier molecular flexibility index (Phi) is 7.14. The van der Waals surface area contributed by atoms with Gasteiger partial charge in [0, 0.05) is 32.7 Å². The lowest BCUT2D eigenvalue weighted by atomic mass is 10.2. The van der Waals surface area contributed by atoms with Crippen molar-refractivity contribution in [3.8, 4) is 5.75 Å². The molecule has 1 amide bonds. The molecule has 2 rings (SSSR count). The van der Waals surface area contributed by atoms with Crippen LogP contribution in [-0.4, -0.2) is 73.0 Å². The van der Waals surface area contributed by atoms with Gasteiger partial charge < -0.3 is 19.5 Å². The van der Waals surface area contributed by atoms with Crippen molar-refractivity contribution in [1.82, 2.24) is 9.80 Å². The number of hydrogen-bond donors (Lipinski definition) is 1. The third-order valence-corrected chi connectivity index (χ3v) is 4.29. The molecule has 0 aliphatic carbocycles. The fourth-order valence-corrected chi connectivity index (χ4v) is 2.83. The van der Waals surface area contributed by atoms with Crippen LogP contribution in [0, 0.1) is 0 Å². The Labute approximate surface area is 145 Å². The number of nitrogens with zero attached hydrogens (tertiary/aromatic N) is 2. The molecule has 0 spiro atoms. The number of rotatable bonds is 6. The summed E-state index contributed by atoms with van der Waals surface area (Å²) < 4.78 is 11.5. The maximum atomic E-state index is 11.6. The molecule has 1 fully saturated rings. The second-order valence-corrected chi connectivity index (χ2v) is 6.24. The van der Waals surface area contributed by atoms with Gasteiger partial charge in [0.1, 0.15) is 18.5 Å². The maximum Gasteiger partial charge on any atom is 0.409 e. The molecule has 1 atom stereocenters. The van der Waals surface area contributed by atoms with E-state index in [0.717, 1.165) is 23.3 Å². The van der Waals surface area contributed by atoms with Gasteiger partial charge in [0.15, 0.2) is 0 Å². The van der Waals surface area contributed by atoms with Crippen LogP contribution in [0.15, 0.2) is 28.7 Å². The number of hydrogen-bond acceptors (Lipinski definition) is 5. The zero-order chi connectivity index (χ0) is 16.7. The lowest BCUT2D eigenvalue weighted by Crippen LogP contribution is -2.51. The van der Waals surface area contributed by atoms with E-state index >= 15 is 0 Å². The Morgan fingerprint density at radius 2 is 2.00 bits per heavy atom. The number of para-hydroxylation sites is 1. The van der Waals surface area contributed by atoms with Gasteiger partial charge in [-0.3, -0.25) is 4.90 Å². The van der Waals surface area contributed by atoms with E-state index in [2.05, 4.69) is 20.8 Å². The van der Waals surface area contributed by atoms with E-state index in [0.29, 0.717) is 26.2 Å². The maximum absolute atomic E-state index is 11.6. The Balaban J connectivity index is 1.69. The quantitative estimate of drug-likeness (QED) is 0.809. The molecule has 1 saturated heterocycles. The van der Waals surface area contributed by atoms with Crippen molar-refractivity contribution >= 4 is 22.0 Å². The minimum absolute atomic E-state index is 0.237. The van der Waals surface area contributed by atoms with E-state index in [1.165, 1.54) is 0 Å². The summed E-state index contributed by atoms with van der Waals surface area (Å²) in [6.45, 7) is 5.66. The summed E-state index contributed by atoms with van der Waals surface area (Å²) in [5.41, 5.74) is 0. The Hall–Kier alpha value is -1.31. The average molecular weight is 387 g/mol. The van der Waals surface area contributed by atoms with Crippen LogP contribution in [0.3, 0.4) is 0 Å². The highest BCUT2D eigenvalue weighted by atomic mass is 79.9. The molecule has 1 aromatic rings. The molecule has 1 aliphatic heterocycles. The summed E-state index contributed by atoms with van der Waals surface area (Å²) in [6.07, 6.45) is -0.832. The summed E-state index contributed by atoms with van der Waals surface area (Å²) in [6, 6.07) is 7.56. The second-order valence-electron chi connectivity index (χ2n) is 5.38. The van der Waals surface area contributed by atoms with Crippen LogP contribution in [0.5, 0.6) is 5.75 Å². The highest BCUT2D eigenvalue weighted by Gasteiger charge is 2.23. The van der Waals surface area contributed by atoms with Gasteiger partial charge in [0.05, 0.1) is 11.1 Å². The lowest BCUT2D eigenvalue weighted by Gasteiger charge is -2.34. The molecule has 128 valence electrons. The van der Waals surface area contributed by atoms with Crippen molar-refractivity contribution in [3.05, 3.63) is 28.7 Å². The number of halogens is 1. The van der Waals surface area contributed by atoms with Gasteiger partial charge in [-0.15, -0.1) is 0 Å². The zero-order valence-corrected chi connectivity index (χ0v) is 14.9. The predicted octanol–water partition coefficient (Wildman–Crippen LogP) is 1.96. The third-order valence-electron chi connectivity index (χ3n) is 3.64. The first kappa shape index (κ1) is 18.0. The molecule has 0 unspecified atom stereocenters. The number of ether oxygens (including phenoxy) is 2. The van der Waals surface area contributed by atoms with Gasteiger partial charge >= 0.3 is 6.09 Å². The second kappa shape index (κ2) is 9.10. The smallest absolute Gasteiger partial charge is 0.409 e. The topological polar surface area (TPSA) is 62.2 Å². The number of aliphatic hydroxyl groups is 1. The van der Waals surface area contributed by atoms with Gasteiger partial charge in [-0.2, -0.15) is 0 Å². The van der Waals surface area contributed by atoms with Crippen molar-refractivity contribution < 1.29 is 19.4 Å². The van der Waals surface area contributed by atoms with Gasteiger partial charge in [-0.1, -0.05) is 12.1 Å². The first-order valence-electron chi connectivity index (χ1n) is 7.79. The number of aliphatic hydroxyl groups excluding tert-OH is 1. The number of piperazine rings is 1. The largest absolute Gasteiger partial charge is 0.490 e. The highest BCUT2D eigenvalue weighted by Crippen LogP contribution is 2.23. The summed E-state index contributed by atoms with van der Waals surface area (Å²) in [5.74, 6) is 0.721. The minimum atomic E-state index is -0.573. The van der Waals surface area contributed by atoms with E-state index < -0.39 is 6.10 Å². The van der Waals surface area contributed by atoms with E-state index in [9.17, 15) is 9.90 Å². The van der Waals surface area contributed by atoms with E-state index in [4.69, 9.17) is 9.47 Å². The van der Waals surface area contributed by atoms with Crippen LogP contribution in [0.1, 0.15) is 6.92 Å². The van der Waals surface area contributed by atoms with Crippen LogP contribution in [0.4, 0.5) is 4.79 Å². The Morgan fingerprint density at radius 1 is 1.30 bits per heavy atom. The van der Waals surface area contributed by atoms with Crippen LogP contribution in [0.2, 0.25) is 0 Å². The number of β-amino-alcohol motifs (C(OH)–C–C–N with tert-alkyl or cyclic N) is 1. The van der Waals surface area contributed by atoms with Gasteiger partial charge in [0.2, 0.25) is 0 Å². The standard InChI is InChI=1S/C16H23BrN2O4/c1-2-22-16(21)19-9-7-18(8-10-19)11-13(20)12-23-15-6-4-3-5-14(15)17/h3-6,13,20H,2,7-12H2,1H3/t13-/m1/s1. The predicted molar refractivity (Wildman–Crippen MR) is 90.7 cm³/mol. The van der Waals surface area contributed by atoms with Gasteiger partial charge in [0.25, 0.3) is 0 Å². The van der Waals surface area contributed by atoms with Crippen molar-refractivity contribution in [2.24, 2.45) is 0 Å². The van der Waals surface area contributed by atoms with Crippen LogP contribution < -0.4 is 4.74 Å². The normalized spacial score (nSPS) is 16.9. The van der Waals surface area contributed by atoms with Crippen LogP contribution >= 0.6 is 15.9 Å².